The third-order valence-electron chi connectivity index (χ3n) is 4.94. The van der Waals surface area contributed by atoms with Crippen LogP contribution in [0.2, 0.25) is 0 Å². The highest BCUT2D eigenvalue weighted by molar-refractivity contribution is 5.80. The molecule has 1 saturated heterocycles. The fourth-order valence-electron chi connectivity index (χ4n) is 3.60. The monoisotopic (exact) mass is 319 g/mol. The van der Waals surface area contributed by atoms with Crippen molar-refractivity contribution < 1.29 is 0 Å². The molecule has 130 valence electrons. The van der Waals surface area contributed by atoms with Crippen molar-refractivity contribution in [2.75, 3.05) is 26.2 Å². The number of nitrogens with zero attached hydrogens (tertiary/aromatic N) is 4. The van der Waals surface area contributed by atoms with Gasteiger partial charge in [-0.1, -0.05) is 26.7 Å². The van der Waals surface area contributed by atoms with Gasteiger partial charge >= 0.3 is 0 Å². The normalized spacial score (nSPS) is 18.9. The number of nitrogens with one attached hydrogen (secondary N) is 1. The van der Waals surface area contributed by atoms with Gasteiger partial charge in [-0.2, -0.15) is 5.10 Å². The number of rotatable bonds is 8. The summed E-state index contributed by atoms with van der Waals surface area (Å²) in [4.78, 5) is 7.29. The van der Waals surface area contributed by atoms with Gasteiger partial charge in [-0.05, 0) is 37.7 Å². The van der Waals surface area contributed by atoms with Crippen LogP contribution in [-0.4, -0.2) is 46.8 Å². The molecule has 0 aromatic carbocycles. The largest absolute Gasteiger partial charge is 0.357 e. The highest BCUT2D eigenvalue weighted by atomic mass is 15.3. The molecule has 0 aliphatic carbocycles. The topological polar surface area (TPSA) is 45.5 Å². The first kappa shape index (κ1) is 17.8. The van der Waals surface area contributed by atoms with Gasteiger partial charge in [0.2, 0.25) is 0 Å². The molecule has 23 heavy (non-hydrogen) atoms. The number of likely N-dealkylation sites (tertiary alicyclic amines) is 1. The minimum Gasteiger partial charge on any atom is -0.357 e. The minimum absolute atomic E-state index is 0.831. The van der Waals surface area contributed by atoms with Gasteiger partial charge in [0, 0.05) is 45.1 Å². The van der Waals surface area contributed by atoms with Crippen LogP contribution in [0.1, 0.15) is 46.5 Å². The van der Waals surface area contributed by atoms with Crippen LogP contribution in [-0.2, 0) is 6.54 Å². The van der Waals surface area contributed by atoms with Crippen LogP contribution in [0.5, 0.6) is 0 Å². The van der Waals surface area contributed by atoms with Crippen LogP contribution in [0.25, 0.3) is 0 Å². The number of aromatic nitrogens is 2. The van der Waals surface area contributed by atoms with E-state index in [-0.39, 0.29) is 0 Å². The number of hydrogen-bond donors (Lipinski definition) is 1. The van der Waals surface area contributed by atoms with E-state index in [1.165, 1.54) is 19.3 Å². The number of aryl methyl sites for hydroxylation is 1. The Hall–Kier alpha value is -1.52. The van der Waals surface area contributed by atoms with Crippen molar-refractivity contribution in [3.63, 3.8) is 0 Å². The van der Waals surface area contributed by atoms with Crippen LogP contribution in [0.3, 0.4) is 0 Å². The standard InChI is InChI=1S/C18H33N5/c1-4-16(5-2)17-9-14-22(15-17)18(19-6-3)20-10-7-12-23-13-8-11-21-23/h8,11,13,16-17H,4-7,9-10,12,14-15H2,1-3H3,(H,19,20). The van der Waals surface area contributed by atoms with Crippen molar-refractivity contribution in [3.05, 3.63) is 18.5 Å². The maximum Gasteiger partial charge on any atom is 0.193 e. The summed E-state index contributed by atoms with van der Waals surface area (Å²) in [6, 6.07) is 1.97. The second-order valence-electron chi connectivity index (χ2n) is 6.43. The summed E-state index contributed by atoms with van der Waals surface area (Å²) in [5.41, 5.74) is 0. The van der Waals surface area contributed by atoms with Gasteiger partial charge in [0.25, 0.3) is 0 Å². The molecule has 1 N–H and O–H groups in total. The Labute approximate surface area is 141 Å². The van der Waals surface area contributed by atoms with E-state index >= 15 is 0 Å². The van der Waals surface area contributed by atoms with Gasteiger partial charge < -0.3 is 10.2 Å². The zero-order chi connectivity index (χ0) is 16.5. The summed E-state index contributed by atoms with van der Waals surface area (Å²) in [6.45, 7) is 11.8. The Morgan fingerprint density at radius 1 is 1.35 bits per heavy atom. The van der Waals surface area contributed by atoms with Gasteiger partial charge in [-0.15, -0.1) is 0 Å². The van der Waals surface area contributed by atoms with Gasteiger partial charge in [-0.25, -0.2) is 0 Å². The van der Waals surface area contributed by atoms with Crippen molar-refractivity contribution >= 4 is 5.96 Å². The number of hydrogen-bond acceptors (Lipinski definition) is 2. The van der Waals surface area contributed by atoms with Gasteiger partial charge in [0.05, 0.1) is 0 Å². The molecule has 1 aromatic rings. The van der Waals surface area contributed by atoms with Crippen LogP contribution in [0, 0.1) is 11.8 Å². The summed E-state index contributed by atoms with van der Waals surface area (Å²) in [7, 11) is 0. The van der Waals surface area contributed by atoms with E-state index in [4.69, 9.17) is 4.99 Å². The molecule has 1 aromatic heterocycles. The molecule has 5 heteroatoms. The van der Waals surface area contributed by atoms with Gasteiger partial charge in [-0.3, -0.25) is 9.67 Å². The second-order valence-corrected chi connectivity index (χ2v) is 6.43. The van der Waals surface area contributed by atoms with Crippen molar-refractivity contribution in [3.8, 4) is 0 Å². The predicted molar refractivity (Wildman–Crippen MR) is 96.6 cm³/mol. The molecule has 0 bridgehead atoms. The van der Waals surface area contributed by atoms with Gasteiger partial charge in [0.1, 0.15) is 0 Å². The molecule has 0 radical (unpaired) electrons. The van der Waals surface area contributed by atoms with E-state index in [0.29, 0.717) is 0 Å². The molecule has 1 aliphatic rings. The number of aliphatic imine (C=N–C) groups is 1. The Morgan fingerprint density at radius 3 is 2.83 bits per heavy atom. The first-order valence-corrected chi connectivity index (χ1v) is 9.29. The van der Waals surface area contributed by atoms with Crippen LogP contribution < -0.4 is 5.32 Å². The summed E-state index contributed by atoms with van der Waals surface area (Å²) in [6.07, 6.45) is 8.77. The van der Waals surface area contributed by atoms with Crippen LogP contribution in [0.15, 0.2) is 23.5 Å². The average Bonchev–Trinajstić information content (AvgIpc) is 3.23. The zero-order valence-electron chi connectivity index (χ0n) is 15.0. The van der Waals surface area contributed by atoms with Crippen molar-refractivity contribution in [2.24, 2.45) is 16.8 Å². The van der Waals surface area contributed by atoms with Gasteiger partial charge in [0.15, 0.2) is 5.96 Å². The molecule has 5 nitrogen and oxygen atoms in total. The van der Waals surface area contributed by atoms with E-state index in [1.807, 2.05) is 23.1 Å². The second kappa shape index (κ2) is 9.58. The van der Waals surface area contributed by atoms with Crippen LogP contribution >= 0.6 is 0 Å². The maximum absolute atomic E-state index is 4.83. The fourth-order valence-corrected chi connectivity index (χ4v) is 3.60. The molecular weight excluding hydrogens is 286 g/mol. The average molecular weight is 319 g/mol. The Bertz CT molecular complexity index is 450. The molecule has 1 atom stereocenters. The van der Waals surface area contributed by atoms with E-state index in [0.717, 1.165) is 56.9 Å². The Kier molecular flexibility index (Phi) is 7.43. The maximum atomic E-state index is 4.83. The summed E-state index contributed by atoms with van der Waals surface area (Å²) in [5, 5.41) is 7.70. The molecule has 0 amide bonds. The lowest BCUT2D eigenvalue weighted by Crippen LogP contribution is -2.40. The molecule has 1 unspecified atom stereocenters. The fraction of sp³-hybridized carbons (Fsp3) is 0.778. The van der Waals surface area contributed by atoms with Crippen LogP contribution in [0.4, 0.5) is 0 Å². The first-order valence-electron chi connectivity index (χ1n) is 9.29. The number of guanidine groups is 1. The zero-order valence-corrected chi connectivity index (χ0v) is 15.0. The highest BCUT2D eigenvalue weighted by Gasteiger charge is 2.29. The van der Waals surface area contributed by atoms with E-state index in [1.54, 1.807) is 0 Å². The Morgan fingerprint density at radius 2 is 2.17 bits per heavy atom. The lowest BCUT2D eigenvalue weighted by Gasteiger charge is -2.24. The van der Waals surface area contributed by atoms with Crippen molar-refractivity contribution in [1.29, 1.82) is 0 Å². The lowest BCUT2D eigenvalue weighted by atomic mass is 9.87. The third-order valence-corrected chi connectivity index (χ3v) is 4.94. The summed E-state index contributed by atoms with van der Waals surface area (Å²) >= 11 is 0. The predicted octanol–water partition coefficient (Wildman–Crippen LogP) is 3.00. The van der Waals surface area contributed by atoms with E-state index < -0.39 is 0 Å². The molecule has 2 rings (SSSR count). The molecule has 2 heterocycles. The molecule has 0 saturated carbocycles. The first-order chi connectivity index (χ1) is 11.3. The van der Waals surface area contributed by atoms with Crippen molar-refractivity contribution in [1.82, 2.24) is 20.0 Å². The summed E-state index contributed by atoms with van der Waals surface area (Å²) < 4.78 is 1.97. The lowest BCUT2D eigenvalue weighted by molar-refractivity contribution is 0.319. The third kappa shape index (κ3) is 5.26. The molecule has 0 spiro atoms. The van der Waals surface area contributed by atoms with E-state index in [9.17, 15) is 0 Å². The quantitative estimate of drug-likeness (QED) is 0.455. The smallest absolute Gasteiger partial charge is 0.193 e. The SMILES string of the molecule is CCNC(=NCCCn1cccn1)N1CCC(C(CC)CC)C1. The molecular formula is C18H33N5. The highest BCUT2D eigenvalue weighted by Crippen LogP contribution is 2.28. The Balaban J connectivity index is 1.83. The van der Waals surface area contributed by atoms with Crippen molar-refractivity contribution in [2.45, 2.75) is 53.0 Å². The molecule has 1 fully saturated rings. The van der Waals surface area contributed by atoms with E-state index in [2.05, 4.69) is 36.1 Å². The minimum atomic E-state index is 0.831. The molecule has 1 aliphatic heterocycles. The summed E-state index contributed by atoms with van der Waals surface area (Å²) in [5.74, 6) is 2.79.